The molecule has 18 heavy (non-hydrogen) atoms. The van der Waals surface area contributed by atoms with Crippen LogP contribution in [-0.4, -0.2) is 37.6 Å². The van der Waals surface area contributed by atoms with Gasteiger partial charge in [0.1, 0.15) is 4.90 Å². The van der Waals surface area contributed by atoms with E-state index in [1.807, 2.05) is 0 Å². The molecule has 0 radical (unpaired) electrons. The van der Waals surface area contributed by atoms with E-state index in [2.05, 4.69) is 14.7 Å². The molecule has 100 valence electrons. The predicted molar refractivity (Wildman–Crippen MR) is 65.8 cm³/mol. The number of nitrogens with one attached hydrogen (secondary N) is 1. The highest BCUT2D eigenvalue weighted by Crippen LogP contribution is 2.34. The second kappa shape index (κ2) is 5.08. The number of hydrogen-bond acceptors (Lipinski definition) is 5. The maximum Gasteiger partial charge on any atom is 0.243 e. The number of nitrogens with zero attached hydrogens (tertiary/aromatic N) is 2. The van der Waals surface area contributed by atoms with Crippen molar-refractivity contribution in [1.82, 2.24) is 14.7 Å². The molecule has 0 atom stereocenters. The molecule has 1 fully saturated rings. The van der Waals surface area contributed by atoms with Crippen molar-refractivity contribution in [1.29, 1.82) is 0 Å². The number of sulfonamides is 1. The summed E-state index contributed by atoms with van der Waals surface area (Å²) >= 11 is 5.51. The average Bonchev–Trinajstić information content (AvgIpc) is 2.29. The van der Waals surface area contributed by atoms with Crippen molar-refractivity contribution < 1.29 is 13.2 Å². The Morgan fingerprint density at radius 1 is 1.44 bits per heavy atom. The Kier molecular flexibility index (Phi) is 3.86. The minimum absolute atomic E-state index is 0.00234. The molecule has 0 aliphatic heterocycles. The first-order chi connectivity index (χ1) is 8.47. The van der Waals surface area contributed by atoms with E-state index >= 15 is 0 Å². The number of hydrogen-bond donors (Lipinski definition) is 1. The smallest absolute Gasteiger partial charge is 0.243 e. The van der Waals surface area contributed by atoms with E-state index in [0.717, 1.165) is 19.3 Å². The van der Waals surface area contributed by atoms with E-state index in [1.165, 1.54) is 12.4 Å². The molecule has 2 rings (SSSR count). The Morgan fingerprint density at radius 2 is 2.06 bits per heavy atom. The highest BCUT2D eigenvalue weighted by Gasteiger charge is 2.38. The molecule has 1 aromatic rings. The lowest BCUT2D eigenvalue weighted by atomic mass is 9.80. The van der Waals surface area contributed by atoms with Gasteiger partial charge in [-0.25, -0.2) is 23.1 Å². The van der Waals surface area contributed by atoms with Gasteiger partial charge in [0.25, 0.3) is 0 Å². The van der Waals surface area contributed by atoms with E-state index < -0.39 is 10.0 Å². The van der Waals surface area contributed by atoms with Gasteiger partial charge in [-0.3, -0.25) is 0 Å². The van der Waals surface area contributed by atoms with Crippen LogP contribution in [0.25, 0.3) is 0 Å². The molecule has 0 spiro atoms. The molecule has 6 nitrogen and oxygen atoms in total. The van der Waals surface area contributed by atoms with Crippen molar-refractivity contribution in [3.05, 3.63) is 17.7 Å². The van der Waals surface area contributed by atoms with Crippen LogP contribution in [0.2, 0.25) is 5.28 Å². The summed E-state index contributed by atoms with van der Waals surface area (Å²) < 4.78 is 31.8. The number of rotatable bonds is 5. The summed E-state index contributed by atoms with van der Waals surface area (Å²) in [5.41, 5.74) is -0.361. The highest BCUT2D eigenvalue weighted by molar-refractivity contribution is 7.89. The molecule has 1 heterocycles. The quantitative estimate of drug-likeness (QED) is 0.818. The first-order valence-electron chi connectivity index (χ1n) is 5.50. The molecule has 0 bridgehead atoms. The number of halogens is 1. The maximum atomic E-state index is 12.0. The zero-order chi connectivity index (χ0) is 13.2. The number of aromatic nitrogens is 2. The van der Waals surface area contributed by atoms with Gasteiger partial charge < -0.3 is 4.74 Å². The molecule has 1 aliphatic carbocycles. The zero-order valence-corrected chi connectivity index (χ0v) is 11.5. The molecule has 1 aromatic heterocycles. The summed E-state index contributed by atoms with van der Waals surface area (Å²) in [7, 11) is -2.01. The molecule has 1 aliphatic rings. The van der Waals surface area contributed by atoms with Gasteiger partial charge in [0, 0.05) is 13.7 Å². The Balaban J connectivity index is 2.05. The van der Waals surface area contributed by atoms with E-state index in [9.17, 15) is 8.42 Å². The Morgan fingerprint density at radius 3 is 2.50 bits per heavy atom. The monoisotopic (exact) mass is 291 g/mol. The first kappa shape index (κ1) is 13.7. The van der Waals surface area contributed by atoms with Crippen molar-refractivity contribution >= 4 is 21.6 Å². The summed E-state index contributed by atoms with van der Waals surface area (Å²) in [6.07, 6.45) is 5.14. The predicted octanol–water partition coefficient (Wildman–Crippen LogP) is 0.977. The van der Waals surface area contributed by atoms with Crippen LogP contribution in [0.3, 0.4) is 0 Å². The van der Waals surface area contributed by atoms with Crippen molar-refractivity contribution in [3.63, 3.8) is 0 Å². The van der Waals surface area contributed by atoms with Crippen molar-refractivity contribution in [2.75, 3.05) is 13.7 Å². The van der Waals surface area contributed by atoms with Crippen LogP contribution in [-0.2, 0) is 14.8 Å². The van der Waals surface area contributed by atoms with Gasteiger partial charge in [0.15, 0.2) is 0 Å². The summed E-state index contributed by atoms with van der Waals surface area (Å²) in [6, 6.07) is 0. The summed E-state index contributed by atoms with van der Waals surface area (Å²) in [6.45, 7) is 0.258. The SMILES string of the molecule is COC1(CNS(=O)(=O)c2cnc(Cl)nc2)CCC1. The van der Waals surface area contributed by atoms with Gasteiger partial charge in [-0.05, 0) is 30.9 Å². The Labute approximate surface area is 111 Å². The van der Waals surface area contributed by atoms with Crippen LogP contribution in [0.15, 0.2) is 17.3 Å². The standard InChI is InChI=1S/C10H14ClN3O3S/c1-17-10(3-2-4-10)7-14-18(15,16)8-5-12-9(11)13-6-8/h5-6,14H,2-4,7H2,1H3. The minimum atomic E-state index is -3.61. The fraction of sp³-hybridized carbons (Fsp3) is 0.600. The molecular weight excluding hydrogens is 278 g/mol. The van der Waals surface area contributed by atoms with Gasteiger partial charge in [0.2, 0.25) is 15.3 Å². The lowest BCUT2D eigenvalue weighted by Gasteiger charge is -2.40. The molecule has 1 saturated carbocycles. The Bertz CT molecular complexity index is 508. The lowest BCUT2D eigenvalue weighted by molar-refractivity contribution is -0.0659. The highest BCUT2D eigenvalue weighted by atomic mass is 35.5. The van der Waals surface area contributed by atoms with Crippen molar-refractivity contribution in [3.8, 4) is 0 Å². The molecule has 0 amide bonds. The largest absolute Gasteiger partial charge is 0.377 e. The van der Waals surface area contributed by atoms with Crippen LogP contribution in [0, 0.1) is 0 Å². The third kappa shape index (κ3) is 2.80. The summed E-state index contributed by atoms with van der Waals surface area (Å²) in [5.74, 6) is 0. The fourth-order valence-electron chi connectivity index (χ4n) is 1.77. The number of ether oxygens (including phenoxy) is 1. The van der Waals surface area contributed by atoms with Gasteiger partial charge in [0.05, 0.1) is 18.0 Å². The summed E-state index contributed by atoms with van der Waals surface area (Å²) in [5, 5.41) is 0.0151. The molecule has 0 saturated heterocycles. The Hall–Kier alpha value is -0.760. The van der Waals surface area contributed by atoms with Gasteiger partial charge in [-0.1, -0.05) is 0 Å². The number of methoxy groups -OCH3 is 1. The topological polar surface area (TPSA) is 81.2 Å². The average molecular weight is 292 g/mol. The molecule has 0 aromatic carbocycles. The first-order valence-corrected chi connectivity index (χ1v) is 7.36. The van der Waals surface area contributed by atoms with E-state index in [-0.39, 0.29) is 22.3 Å². The molecule has 1 N–H and O–H groups in total. The normalized spacial score (nSPS) is 18.3. The van der Waals surface area contributed by atoms with Crippen LogP contribution in [0.1, 0.15) is 19.3 Å². The molecule has 8 heteroatoms. The van der Waals surface area contributed by atoms with E-state index in [0.29, 0.717) is 0 Å². The van der Waals surface area contributed by atoms with Crippen molar-refractivity contribution in [2.24, 2.45) is 0 Å². The molecule has 0 unspecified atom stereocenters. The van der Waals surface area contributed by atoms with Gasteiger partial charge in [-0.2, -0.15) is 0 Å². The second-order valence-corrected chi connectivity index (χ2v) is 6.36. The van der Waals surface area contributed by atoms with E-state index in [1.54, 1.807) is 7.11 Å². The second-order valence-electron chi connectivity index (χ2n) is 4.25. The maximum absolute atomic E-state index is 12.0. The van der Waals surface area contributed by atoms with Crippen molar-refractivity contribution in [2.45, 2.75) is 29.8 Å². The minimum Gasteiger partial charge on any atom is -0.377 e. The lowest BCUT2D eigenvalue weighted by Crippen LogP contribution is -2.49. The van der Waals surface area contributed by atoms with Gasteiger partial charge in [-0.15, -0.1) is 0 Å². The van der Waals surface area contributed by atoms with Crippen LogP contribution in [0.4, 0.5) is 0 Å². The van der Waals surface area contributed by atoms with Crippen LogP contribution < -0.4 is 4.72 Å². The van der Waals surface area contributed by atoms with Crippen LogP contribution >= 0.6 is 11.6 Å². The summed E-state index contributed by atoms with van der Waals surface area (Å²) in [4.78, 5) is 7.29. The fourth-order valence-corrected chi connectivity index (χ4v) is 2.87. The van der Waals surface area contributed by atoms with Gasteiger partial charge >= 0.3 is 0 Å². The zero-order valence-electron chi connectivity index (χ0n) is 9.89. The third-order valence-electron chi connectivity index (χ3n) is 3.19. The van der Waals surface area contributed by atoms with E-state index in [4.69, 9.17) is 16.3 Å². The molecular formula is C10H14ClN3O3S. The third-order valence-corrected chi connectivity index (χ3v) is 4.74. The van der Waals surface area contributed by atoms with Crippen LogP contribution in [0.5, 0.6) is 0 Å².